The molecule has 0 atom stereocenters. The van der Waals surface area contributed by atoms with Gasteiger partial charge in [0.1, 0.15) is 5.75 Å². The van der Waals surface area contributed by atoms with Crippen LogP contribution in [0, 0.1) is 5.41 Å². The summed E-state index contributed by atoms with van der Waals surface area (Å²) in [5.41, 5.74) is 5.62. The molecule has 0 aliphatic rings. The lowest BCUT2D eigenvalue weighted by Crippen LogP contribution is -2.39. The predicted octanol–water partition coefficient (Wildman–Crippen LogP) is 2.08. The van der Waals surface area contributed by atoms with Crippen molar-refractivity contribution in [3.63, 3.8) is 0 Å². The summed E-state index contributed by atoms with van der Waals surface area (Å²) in [5, 5.41) is 0. The SMILES string of the molecule is CN(CC(C)(C)CN)C(=O)CCCCOc1ccc(S(C)(=O)=O)cc1. The van der Waals surface area contributed by atoms with E-state index in [4.69, 9.17) is 10.5 Å². The Balaban J connectivity index is 2.29. The molecule has 0 spiro atoms. The van der Waals surface area contributed by atoms with Crippen LogP contribution in [0.5, 0.6) is 5.75 Å². The number of carbonyl (C=O) groups is 1. The second-order valence-corrected chi connectivity index (χ2v) is 9.18. The zero-order chi connectivity index (χ0) is 19.1. The van der Waals surface area contributed by atoms with Crippen molar-refractivity contribution in [2.45, 2.75) is 38.0 Å². The van der Waals surface area contributed by atoms with Crippen molar-refractivity contribution >= 4 is 15.7 Å². The van der Waals surface area contributed by atoms with E-state index in [9.17, 15) is 13.2 Å². The first-order valence-corrected chi connectivity index (χ1v) is 10.3. The van der Waals surface area contributed by atoms with Crippen LogP contribution in [0.4, 0.5) is 0 Å². The van der Waals surface area contributed by atoms with Gasteiger partial charge < -0.3 is 15.4 Å². The Morgan fingerprint density at radius 3 is 2.32 bits per heavy atom. The molecule has 0 radical (unpaired) electrons. The molecule has 0 saturated carbocycles. The van der Waals surface area contributed by atoms with Crippen LogP contribution < -0.4 is 10.5 Å². The summed E-state index contributed by atoms with van der Waals surface area (Å²) in [6.07, 6.45) is 3.15. The van der Waals surface area contributed by atoms with Crippen molar-refractivity contribution in [3.8, 4) is 5.75 Å². The molecule has 0 heterocycles. The first-order valence-electron chi connectivity index (χ1n) is 8.42. The number of benzene rings is 1. The molecule has 1 amide bonds. The molecule has 1 rings (SSSR count). The van der Waals surface area contributed by atoms with Crippen molar-refractivity contribution in [3.05, 3.63) is 24.3 Å². The molecule has 0 aromatic heterocycles. The van der Waals surface area contributed by atoms with Crippen LogP contribution in [0.25, 0.3) is 0 Å². The van der Waals surface area contributed by atoms with Gasteiger partial charge in [-0.2, -0.15) is 0 Å². The van der Waals surface area contributed by atoms with Crippen LogP contribution in [0.2, 0.25) is 0 Å². The number of ether oxygens (including phenoxy) is 1. The Hall–Kier alpha value is -1.60. The van der Waals surface area contributed by atoms with Crippen LogP contribution in [-0.2, 0) is 14.6 Å². The molecule has 0 bridgehead atoms. The highest BCUT2D eigenvalue weighted by Crippen LogP contribution is 2.17. The second-order valence-electron chi connectivity index (χ2n) is 7.17. The lowest BCUT2D eigenvalue weighted by atomic mass is 9.93. The molecule has 1 aromatic carbocycles. The molecule has 0 unspecified atom stereocenters. The highest BCUT2D eigenvalue weighted by atomic mass is 32.2. The van der Waals surface area contributed by atoms with E-state index in [1.54, 1.807) is 24.1 Å². The summed E-state index contributed by atoms with van der Waals surface area (Å²) < 4.78 is 28.3. The molecule has 0 fully saturated rings. The second kappa shape index (κ2) is 9.20. The van der Waals surface area contributed by atoms with Crippen molar-refractivity contribution in [2.24, 2.45) is 11.1 Å². The maximum Gasteiger partial charge on any atom is 0.222 e. The molecular weight excluding hydrogens is 340 g/mol. The average Bonchev–Trinajstić information content (AvgIpc) is 2.53. The Kier molecular flexibility index (Phi) is 7.89. The van der Waals surface area contributed by atoms with E-state index in [0.29, 0.717) is 31.9 Å². The number of rotatable bonds is 10. The fraction of sp³-hybridized carbons (Fsp3) is 0.611. The quantitative estimate of drug-likeness (QED) is 0.637. The smallest absolute Gasteiger partial charge is 0.222 e. The average molecular weight is 371 g/mol. The van der Waals surface area contributed by atoms with Crippen molar-refractivity contribution in [1.82, 2.24) is 4.90 Å². The predicted molar refractivity (Wildman–Crippen MR) is 99.4 cm³/mol. The third-order valence-electron chi connectivity index (χ3n) is 3.95. The van der Waals surface area contributed by atoms with E-state index >= 15 is 0 Å². The molecule has 2 N–H and O–H groups in total. The number of nitrogens with zero attached hydrogens (tertiary/aromatic N) is 1. The monoisotopic (exact) mass is 370 g/mol. The fourth-order valence-electron chi connectivity index (χ4n) is 2.34. The van der Waals surface area contributed by atoms with Gasteiger partial charge in [-0.1, -0.05) is 13.8 Å². The third kappa shape index (κ3) is 7.88. The van der Waals surface area contributed by atoms with Crippen LogP contribution >= 0.6 is 0 Å². The zero-order valence-electron chi connectivity index (χ0n) is 15.6. The first-order chi connectivity index (χ1) is 11.5. The summed E-state index contributed by atoms with van der Waals surface area (Å²) >= 11 is 0. The minimum atomic E-state index is -3.19. The Morgan fingerprint density at radius 1 is 1.20 bits per heavy atom. The summed E-state index contributed by atoms with van der Waals surface area (Å²) in [6, 6.07) is 6.35. The van der Waals surface area contributed by atoms with Gasteiger partial charge >= 0.3 is 0 Å². The van der Waals surface area contributed by atoms with Crippen LogP contribution in [-0.4, -0.2) is 52.2 Å². The van der Waals surface area contributed by atoms with Gasteiger partial charge in [0.15, 0.2) is 9.84 Å². The number of amides is 1. The Labute approximate surface area is 151 Å². The molecule has 6 nitrogen and oxygen atoms in total. The summed E-state index contributed by atoms with van der Waals surface area (Å²) in [5.74, 6) is 0.736. The standard InChI is InChI=1S/C18H30N2O4S/c1-18(2,13-19)14-20(3)17(21)7-5-6-12-24-15-8-10-16(11-9-15)25(4,22)23/h8-11H,5-7,12-14,19H2,1-4H3. The molecule has 1 aromatic rings. The van der Waals surface area contributed by atoms with Crippen LogP contribution in [0.1, 0.15) is 33.1 Å². The summed E-state index contributed by atoms with van der Waals surface area (Å²) in [4.78, 5) is 14.1. The van der Waals surface area contributed by atoms with Crippen LogP contribution in [0.3, 0.4) is 0 Å². The molecule has 7 heteroatoms. The highest BCUT2D eigenvalue weighted by Gasteiger charge is 2.20. The maximum absolute atomic E-state index is 12.1. The van der Waals surface area contributed by atoms with Gasteiger partial charge in [0.2, 0.25) is 5.91 Å². The van der Waals surface area contributed by atoms with Gasteiger partial charge in [0, 0.05) is 26.3 Å². The van der Waals surface area contributed by atoms with E-state index in [1.165, 1.54) is 18.4 Å². The maximum atomic E-state index is 12.1. The topological polar surface area (TPSA) is 89.7 Å². The summed E-state index contributed by atoms with van der Waals surface area (Å²) in [6.45, 7) is 5.75. The highest BCUT2D eigenvalue weighted by molar-refractivity contribution is 7.90. The lowest BCUT2D eigenvalue weighted by Gasteiger charge is -2.29. The van der Waals surface area contributed by atoms with Gasteiger partial charge in [-0.25, -0.2) is 8.42 Å². The lowest BCUT2D eigenvalue weighted by molar-refractivity contribution is -0.131. The van der Waals surface area contributed by atoms with E-state index < -0.39 is 9.84 Å². The number of hydrogen-bond acceptors (Lipinski definition) is 5. The van der Waals surface area contributed by atoms with E-state index in [0.717, 1.165) is 12.8 Å². The number of carbonyl (C=O) groups excluding carboxylic acids is 1. The molecule has 0 aliphatic carbocycles. The molecule has 25 heavy (non-hydrogen) atoms. The number of unbranched alkanes of at least 4 members (excludes halogenated alkanes) is 1. The number of nitrogens with two attached hydrogens (primary N) is 1. The summed E-state index contributed by atoms with van der Waals surface area (Å²) in [7, 11) is -1.38. The Bertz CT molecular complexity index is 654. The normalized spacial score (nSPS) is 12.0. The third-order valence-corrected chi connectivity index (χ3v) is 5.08. The molecule has 142 valence electrons. The van der Waals surface area contributed by atoms with Crippen molar-refractivity contribution < 1.29 is 17.9 Å². The van der Waals surface area contributed by atoms with E-state index in [2.05, 4.69) is 0 Å². The first kappa shape index (κ1) is 21.4. The van der Waals surface area contributed by atoms with Gasteiger partial charge in [-0.3, -0.25) is 4.79 Å². The number of sulfone groups is 1. The van der Waals surface area contributed by atoms with Crippen LogP contribution in [0.15, 0.2) is 29.2 Å². The van der Waals surface area contributed by atoms with E-state index in [1.807, 2.05) is 13.8 Å². The van der Waals surface area contributed by atoms with E-state index in [-0.39, 0.29) is 16.2 Å². The van der Waals surface area contributed by atoms with Crippen molar-refractivity contribution in [1.29, 1.82) is 0 Å². The van der Waals surface area contributed by atoms with Crippen molar-refractivity contribution in [2.75, 3.05) is 33.0 Å². The van der Waals surface area contributed by atoms with Gasteiger partial charge in [0.25, 0.3) is 0 Å². The minimum absolute atomic E-state index is 0.0777. The zero-order valence-corrected chi connectivity index (χ0v) is 16.4. The minimum Gasteiger partial charge on any atom is -0.494 e. The molecule has 0 saturated heterocycles. The molecule has 0 aliphatic heterocycles. The number of hydrogen-bond donors (Lipinski definition) is 1. The van der Waals surface area contributed by atoms with Gasteiger partial charge in [-0.05, 0) is 49.1 Å². The van der Waals surface area contributed by atoms with Gasteiger partial charge in [-0.15, -0.1) is 0 Å². The van der Waals surface area contributed by atoms with Gasteiger partial charge in [0.05, 0.1) is 11.5 Å². The molecular formula is C18H30N2O4S. The Morgan fingerprint density at radius 2 is 1.80 bits per heavy atom. The fourth-order valence-corrected chi connectivity index (χ4v) is 2.97. The largest absolute Gasteiger partial charge is 0.494 e.